The van der Waals surface area contributed by atoms with Crippen molar-refractivity contribution in [2.24, 2.45) is 21.6 Å². The minimum atomic E-state index is -2.76. The fourth-order valence-corrected chi connectivity index (χ4v) is 5.95. The molecule has 0 amide bonds. The van der Waals surface area contributed by atoms with Gasteiger partial charge in [0.1, 0.15) is 11.0 Å². The lowest BCUT2D eigenvalue weighted by atomic mass is 9.63. The van der Waals surface area contributed by atoms with Gasteiger partial charge in [0.05, 0.1) is 16.6 Å². The van der Waals surface area contributed by atoms with Gasteiger partial charge in [0.15, 0.2) is 0 Å². The second-order valence-electron chi connectivity index (χ2n) is 9.28. The van der Waals surface area contributed by atoms with E-state index in [-0.39, 0.29) is 17.3 Å². The number of halogens is 3. The molecule has 2 aliphatic carbocycles. The van der Waals surface area contributed by atoms with Crippen LogP contribution < -0.4 is 0 Å². The number of fused-ring (bicyclic) bond motifs is 1. The first-order valence-electron chi connectivity index (χ1n) is 9.66. The minimum absolute atomic E-state index is 0.0382. The standard InChI is InChI=1S/C21H28BrF2NO2S/c1-12-9-21(10-13(2)17(12)27-19(23)24)11-14-6-7-15(22)8-16(14)18(21)25-28(26)20(3,4)5/h6-8,12-13,17,19H,9-11H2,1-5H3/t12-,13+,17?,21?,28-/m0/s1. The first-order valence-corrected chi connectivity index (χ1v) is 11.6. The van der Waals surface area contributed by atoms with Crippen molar-refractivity contribution >= 4 is 32.6 Å². The van der Waals surface area contributed by atoms with Crippen LogP contribution in [0.2, 0.25) is 0 Å². The van der Waals surface area contributed by atoms with Gasteiger partial charge in [-0.3, -0.25) is 0 Å². The van der Waals surface area contributed by atoms with Crippen molar-refractivity contribution in [3.05, 3.63) is 33.8 Å². The Kier molecular flexibility index (Phi) is 6.20. The van der Waals surface area contributed by atoms with Crippen LogP contribution in [0.25, 0.3) is 0 Å². The highest BCUT2D eigenvalue weighted by Crippen LogP contribution is 2.52. The molecule has 3 nitrogen and oxygen atoms in total. The van der Waals surface area contributed by atoms with Crippen molar-refractivity contribution in [3.8, 4) is 0 Å². The Labute approximate surface area is 177 Å². The van der Waals surface area contributed by atoms with E-state index in [2.05, 4.69) is 22.0 Å². The number of rotatable bonds is 3. The Morgan fingerprint density at radius 2 is 1.86 bits per heavy atom. The Morgan fingerprint density at radius 1 is 1.25 bits per heavy atom. The molecule has 7 heteroatoms. The van der Waals surface area contributed by atoms with Gasteiger partial charge in [-0.2, -0.15) is 13.2 Å². The van der Waals surface area contributed by atoms with Crippen molar-refractivity contribution in [2.75, 3.05) is 0 Å². The molecule has 0 radical (unpaired) electrons. The molecule has 1 aromatic carbocycles. The molecule has 0 bridgehead atoms. The lowest BCUT2D eigenvalue weighted by Gasteiger charge is -2.45. The number of alkyl halides is 2. The van der Waals surface area contributed by atoms with Crippen LogP contribution in [0, 0.1) is 17.3 Å². The molecule has 1 aromatic rings. The third kappa shape index (κ3) is 4.26. The molecule has 0 heterocycles. The van der Waals surface area contributed by atoms with E-state index in [1.54, 1.807) is 0 Å². The summed E-state index contributed by atoms with van der Waals surface area (Å²) >= 11 is 3.54. The van der Waals surface area contributed by atoms with Crippen molar-refractivity contribution in [3.63, 3.8) is 0 Å². The van der Waals surface area contributed by atoms with Crippen LogP contribution in [0.1, 0.15) is 58.6 Å². The summed E-state index contributed by atoms with van der Waals surface area (Å²) in [5, 5.41) is 0. The maximum absolute atomic E-state index is 12.9. The Bertz CT molecular complexity index is 794. The number of hydrogen-bond donors (Lipinski definition) is 0. The molecule has 5 atom stereocenters. The van der Waals surface area contributed by atoms with Gasteiger partial charge >= 0.3 is 6.61 Å². The molecule has 0 aliphatic heterocycles. The average Bonchev–Trinajstić information content (AvgIpc) is 2.83. The third-order valence-corrected chi connectivity index (χ3v) is 7.75. The number of nitrogens with zero attached hydrogens (tertiary/aromatic N) is 1. The first-order chi connectivity index (χ1) is 12.9. The van der Waals surface area contributed by atoms with Gasteiger partial charge in [0.2, 0.25) is 0 Å². The van der Waals surface area contributed by atoms with Crippen LogP contribution in [-0.4, -0.2) is 27.4 Å². The van der Waals surface area contributed by atoms with E-state index in [1.807, 2.05) is 46.8 Å². The topological polar surface area (TPSA) is 38.7 Å². The summed E-state index contributed by atoms with van der Waals surface area (Å²) < 4.78 is 48.8. The maximum atomic E-state index is 12.9. The van der Waals surface area contributed by atoms with Gasteiger partial charge in [-0.1, -0.05) is 35.8 Å². The van der Waals surface area contributed by atoms with Crippen LogP contribution in [0.3, 0.4) is 0 Å². The Hall–Kier alpha value is -0.660. The second-order valence-corrected chi connectivity index (χ2v) is 12.1. The predicted octanol–water partition coefficient (Wildman–Crippen LogP) is 5.92. The van der Waals surface area contributed by atoms with Crippen molar-refractivity contribution < 1.29 is 17.7 Å². The fourth-order valence-electron chi connectivity index (χ4n) is 4.86. The van der Waals surface area contributed by atoms with Gasteiger partial charge in [0, 0.05) is 15.5 Å². The lowest BCUT2D eigenvalue weighted by Crippen LogP contribution is -2.46. The van der Waals surface area contributed by atoms with E-state index in [4.69, 9.17) is 9.13 Å². The zero-order valence-electron chi connectivity index (χ0n) is 17.0. The zero-order valence-corrected chi connectivity index (χ0v) is 19.4. The van der Waals surface area contributed by atoms with Crippen molar-refractivity contribution in [1.29, 1.82) is 0 Å². The summed E-state index contributed by atoms with van der Waals surface area (Å²) in [5.74, 6) is -0.0763. The van der Waals surface area contributed by atoms with Gasteiger partial charge in [-0.25, -0.2) is 4.21 Å². The third-order valence-electron chi connectivity index (χ3n) is 5.86. The zero-order chi connectivity index (χ0) is 20.9. The number of ether oxygens (including phenoxy) is 1. The molecule has 1 fully saturated rings. The normalized spacial score (nSPS) is 32.9. The lowest BCUT2D eigenvalue weighted by molar-refractivity contribution is -0.200. The van der Waals surface area contributed by atoms with Gasteiger partial charge in [0.25, 0.3) is 0 Å². The number of hydrogen-bond acceptors (Lipinski definition) is 2. The molecule has 2 unspecified atom stereocenters. The molecule has 0 aromatic heterocycles. The quantitative estimate of drug-likeness (QED) is 0.544. The molecule has 28 heavy (non-hydrogen) atoms. The Balaban J connectivity index is 2.05. The largest absolute Gasteiger partial charge is 0.345 e. The molecule has 1 spiro atoms. The van der Waals surface area contributed by atoms with Crippen LogP contribution in [0.15, 0.2) is 27.1 Å². The summed E-state index contributed by atoms with van der Waals surface area (Å²) in [6, 6.07) is 6.13. The summed E-state index contributed by atoms with van der Waals surface area (Å²) in [5.41, 5.74) is 2.79. The summed E-state index contributed by atoms with van der Waals surface area (Å²) in [6.07, 6.45) is 1.71. The minimum Gasteiger partial charge on any atom is -0.319 e. The first kappa shape index (κ1) is 22.0. The highest BCUT2D eigenvalue weighted by Gasteiger charge is 2.51. The molecule has 0 N–H and O–H groups in total. The van der Waals surface area contributed by atoms with Crippen LogP contribution in [0.4, 0.5) is 8.78 Å². The van der Waals surface area contributed by atoms with Crippen molar-refractivity contribution in [2.45, 2.75) is 71.3 Å². The van der Waals surface area contributed by atoms with E-state index >= 15 is 0 Å². The molecule has 2 aliphatic rings. The molecule has 0 saturated heterocycles. The van der Waals surface area contributed by atoms with Gasteiger partial charge in [-0.15, -0.1) is 0 Å². The Morgan fingerprint density at radius 3 is 2.39 bits per heavy atom. The van der Waals surface area contributed by atoms with Crippen LogP contribution >= 0.6 is 15.9 Å². The van der Waals surface area contributed by atoms with E-state index < -0.39 is 28.4 Å². The van der Waals surface area contributed by atoms with E-state index in [1.165, 1.54) is 5.56 Å². The SMILES string of the molecule is C[C@@H]1CC2(Cc3ccc(Br)cc3C2=N[S@@](=O)C(C)(C)C)C[C@H](C)C1OC(F)F. The second kappa shape index (κ2) is 7.88. The average molecular weight is 476 g/mol. The summed E-state index contributed by atoms with van der Waals surface area (Å²) in [7, 11) is -1.39. The van der Waals surface area contributed by atoms with E-state index in [0.717, 1.165) is 22.2 Å². The summed E-state index contributed by atoms with van der Waals surface area (Å²) in [4.78, 5) is 0. The highest BCUT2D eigenvalue weighted by atomic mass is 79.9. The number of benzene rings is 1. The van der Waals surface area contributed by atoms with Gasteiger partial charge in [-0.05, 0) is 69.6 Å². The molecular weight excluding hydrogens is 448 g/mol. The predicted molar refractivity (Wildman–Crippen MR) is 113 cm³/mol. The molecule has 1 saturated carbocycles. The smallest absolute Gasteiger partial charge is 0.319 e. The van der Waals surface area contributed by atoms with Crippen LogP contribution in [-0.2, 0) is 22.1 Å². The van der Waals surface area contributed by atoms with Gasteiger partial charge < -0.3 is 4.74 Å². The molecular formula is C21H28BrF2NO2S. The van der Waals surface area contributed by atoms with E-state index in [0.29, 0.717) is 12.8 Å². The van der Waals surface area contributed by atoms with Crippen molar-refractivity contribution in [1.82, 2.24) is 0 Å². The maximum Gasteiger partial charge on any atom is 0.345 e. The fraction of sp³-hybridized carbons (Fsp3) is 0.667. The van der Waals surface area contributed by atoms with Crippen LogP contribution in [0.5, 0.6) is 0 Å². The summed E-state index contributed by atoms with van der Waals surface area (Å²) in [6.45, 7) is 6.92. The monoisotopic (exact) mass is 475 g/mol. The molecule has 156 valence electrons. The van der Waals surface area contributed by atoms with E-state index in [9.17, 15) is 13.0 Å². The molecule has 3 rings (SSSR count). The highest BCUT2D eigenvalue weighted by molar-refractivity contribution is 9.10.